The van der Waals surface area contributed by atoms with Crippen molar-refractivity contribution in [3.63, 3.8) is 0 Å². The van der Waals surface area contributed by atoms with E-state index in [1.165, 1.54) is 17.6 Å². The van der Waals surface area contributed by atoms with Gasteiger partial charge in [0.1, 0.15) is 6.61 Å². The molecule has 0 bridgehead atoms. The lowest BCUT2D eigenvalue weighted by Gasteiger charge is -2.29. The van der Waals surface area contributed by atoms with Gasteiger partial charge in [-0.3, -0.25) is 9.59 Å². The van der Waals surface area contributed by atoms with Gasteiger partial charge in [0.15, 0.2) is 0 Å². The largest absolute Gasteiger partial charge is 0.375 e. The third-order valence-electron chi connectivity index (χ3n) is 5.18. The lowest BCUT2D eigenvalue weighted by molar-refractivity contribution is -0.136. The van der Waals surface area contributed by atoms with Crippen LogP contribution in [0.3, 0.4) is 0 Å². The molecule has 6 heteroatoms. The Morgan fingerprint density at radius 2 is 2.00 bits per heavy atom. The number of likely N-dealkylation sites (tertiary alicyclic amines) is 1. The quantitative estimate of drug-likeness (QED) is 0.775. The maximum Gasteiger partial charge on any atom is 0.248 e. The van der Waals surface area contributed by atoms with Crippen LogP contribution in [0, 0.1) is 5.41 Å². The highest BCUT2D eigenvalue weighted by Crippen LogP contribution is 2.36. The molecule has 0 spiro atoms. The molecule has 1 fully saturated rings. The van der Waals surface area contributed by atoms with Crippen molar-refractivity contribution in [1.82, 2.24) is 10.2 Å². The molecule has 1 saturated heterocycles. The van der Waals surface area contributed by atoms with Crippen LogP contribution in [-0.4, -0.2) is 49.6 Å². The monoisotopic (exact) mass is 400 g/mol. The number of thiophene rings is 1. The molecule has 1 aromatic carbocycles. The highest BCUT2D eigenvalue weighted by Gasteiger charge is 2.46. The molecule has 28 heavy (non-hydrogen) atoms. The first kappa shape index (κ1) is 20.6. The molecule has 150 valence electrons. The highest BCUT2D eigenvalue weighted by molar-refractivity contribution is 7.13. The Balaban J connectivity index is 1.80. The van der Waals surface area contributed by atoms with Crippen LogP contribution in [-0.2, 0) is 20.7 Å². The maximum atomic E-state index is 13.1. The van der Waals surface area contributed by atoms with Gasteiger partial charge in [-0.05, 0) is 49.3 Å². The van der Waals surface area contributed by atoms with Crippen LogP contribution in [0.4, 0.5) is 0 Å². The SMILES string of the molecule is COCC(=O)N1CCC(Cc2ccc(-c3cccs3)cc2)(C(=O)NC(C)C)C1. The van der Waals surface area contributed by atoms with Crippen molar-refractivity contribution in [2.75, 3.05) is 26.8 Å². The number of methoxy groups -OCH3 is 1. The van der Waals surface area contributed by atoms with E-state index in [1.54, 1.807) is 16.2 Å². The fourth-order valence-corrected chi connectivity index (χ4v) is 4.48. The minimum atomic E-state index is -0.599. The van der Waals surface area contributed by atoms with Crippen molar-refractivity contribution in [1.29, 1.82) is 0 Å². The van der Waals surface area contributed by atoms with E-state index in [9.17, 15) is 9.59 Å². The standard InChI is InChI=1S/C22H28N2O3S/c1-16(2)23-21(26)22(10-11-24(15-22)20(25)14-27-3)13-17-6-8-18(9-7-17)19-5-4-12-28-19/h4-9,12,16H,10-11,13-15H2,1-3H3,(H,23,26). The molecule has 5 nitrogen and oxygen atoms in total. The maximum absolute atomic E-state index is 13.1. The number of nitrogens with zero attached hydrogens (tertiary/aromatic N) is 1. The molecular formula is C22H28N2O3S. The first-order valence-electron chi connectivity index (χ1n) is 9.64. The van der Waals surface area contributed by atoms with E-state index >= 15 is 0 Å². The predicted octanol–water partition coefficient (Wildman–Crippen LogP) is 3.35. The Labute approximate surface area is 170 Å². The summed E-state index contributed by atoms with van der Waals surface area (Å²) in [6.07, 6.45) is 1.28. The van der Waals surface area contributed by atoms with Crippen LogP contribution >= 0.6 is 11.3 Å². The molecular weight excluding hydrogens is 372 g/mol. The molecule has 1 aliphatic rings. The van der Waals surface area contributed by atoms with Crippen LogP contribution in [0.2, 0.25) is 0 Å². The zero-order chi connectivity index (χ0) is 20.1. The molecule has 1 N–H and O–H groups in total. The van der Waals surface area contributed by atoms with Gasteiger partial charge >= 0.3 is 0 Å². The predicted molar refractivity (Wildman–Crippen MR) is 112 cm³/mol. The summed E-state index contributed by atoms with van der Waals surface area (Å²) >= 11 is 1.71. The number of nitrogens with one attached hydrogen (secondary N) is 1. The van der Waals surface area contributed by atoms with E-state index in [2.05, 4.69) is 41.0 Å². The summed E-state index contributed by atoms with van der Waals surface area (Å²) in [5.41, 5.74) is 1.70. The second kappa shape index (κ2) is 8.88. The van der Waals surface area contributed by atoms with Gasteiger partial charge in [0.2, 0.25) is 11.8 Å². The molecule has 1 aromatic heterocycles. The third-order valence-corrected chi connectivity index (χ3v) is 6.10. The van der Waals surface area contributed by atoms with E-state index in [0.717, 1.165) is 5.56 Å². The number of amides is 2. The van der Waals surface area contributed by atoms with E-state index in [4.69, 9.17) is 4.74 Å². The Hall–Kier alpha value is -2.18. The molecule has 3 rings (SSSR count). The number of benzene rings is 1. The van der Waals surface area contributed by atoms with Crippen molar-refractivity contribution in [3.05, 3.63) is 47.3 Å². The lowest BCUT2D eigenvalue weighted by atomic mass is 9.79. The molecule has 2 heterocycles. The van der Waals surface area contributed by atoms with Gasteiger partial charge in [-0.1, -0.05) is 30.3 Å². The second-order valence-corrected chi connectivity index (χ2v) is 8.71. The van der Waals surface area contributed by atoms with Crippen LogP contribution in [0.15, 0.2) is 41.8 Å². The van der Waals surface area contributed by atoms with Gasteiger partial charge in [-0.25, -0.2) is 0 Å². The summed E-state index contributed by atoms with van der Waals surface area (Å²) in [5, 5.41) is 5.13. The van der Waals surface area contributed by atoms with E-state index in [1.807, 2.05) is 19.9 Å². The van der Waals surface area contributed by atoms with Gasteiger partial charge in [-0.15, -0.1) is 11.3 Å². The van der Waals surface area contributed by atoms with Gasteiger partial charge in [-0.2, -0.15) is 0 Å². The van der Waals surface area contributed by atoms with Gasteiger partial charge in [0, 0.05) is 31.1 Å². The minimum absolute atomic E-state index is 0.0255. The Morgan fingerprint density at radius 3 is 2.61 bits per heavy atom. The third kappa shape index (κ3) is 4.62. The number of hydrogen-bond donors (Lipinski definition) is 1. The van der Waals surface area contributed by atoms with Gasteiger partial charge in [0.25, 0.3) is 0 Å². The van der Waals surface area contributed by atoms with Gasteiger partial charge < -0.3 is 15.0 Å². The summed E-state index contributed by atoms with van der Waals surface area (Å²) in [5.74, 6) is -0.0349. The second-order valence-electron chi connectivity index (χ2n) is 7.76. The fourth-order valence-electron chi connectivity index (χ4n) is 3.75. The zero-order valence-corrected chi connectivity index (χ0v) is 17.6. The number of hydrogen-bond acceptors (Lipinski definition) is 4. The normalized spacial score (nSPS) is 19.2. The Bertz CT molecular complexity index is 802. The van der Waals surface area contributed by atoms with Crippen LogP contribution in [0.25, 0.3) is 10.4 Å². The number of ether oxygens (including phenoxy) is 1. The van der Waals surface area contributed by atoms with Crippen LogP contribution in [0.5, 0.6) is 0 Å². The van der Waals surface area contributed by atoms with Crippen LogP contribution < -0.4 is 5.32 Å². The van der Waals surface area contributed by atoms with E-state index in [-0.39, 0.29) is 24.5 Å². The number of rotatable bonds is 7. The lowest BCUT2D eigenvalue weighted by Crippen LogP contribution is -2.47. The average molecular weight is 401 g/mol. The van der Waals surface area contributed by atoms with Crippen LogP contribution in [0.1, 0.15) is 25.8 Å². The Kier molecular flexibility index (Phi) is 6.52. The summed E-state index contributed by atoms with van der Waals surface area (Å²) in [6, 6.07) is 12.6. The molecule has 1 atom stereocenters. The van der Waals surface area contributed by atoms with E-state index in [0.29, 0.717) is 25.9 Å². The first-order chi connectivity index (χ1) is 13.4. The smallest absolute Gasteiger partial charge is 0.248 e. The number of carbonyl (C=O) groups excluding carboxylic acids is 2. The number of carbonyl (C=O) groups is 2. The van der Waals surface area contributed by atoms with Crippen molar-refractivity contribution in [2.24, 2.45) is 5.41 Å². The molecule has 0 radical (unpaired) electrons. The summed E-state index contributed by atoms with van der Waals surface area (Å²) in [6.45, 7) is 4.99. The molecule has 0 saturated carbocycles. The van der Waals surface area contributed by atoms with Crippen molar-refractivity contribution in [2.45, 2.75) is 32.7 Å². The van der Waals surface area contributed by atoms with E-state index < -0.39 is 5.41 Å². The molecule has 2 amide bonds. The summed E-state index contributed by atoms with van der Waals surface area (Å²) < 4.78 is 4.99. The van der Waals surface area contributed by atoms with Crippen molar-refractivity contribution < 1.29 is 14.3 Å². The average Bonchev–Trinajstić information content (AvgIpc) is 3.33. The molecule has 2 aromatic rings. The summed E-state index contributed by atoms with van der Waals surface area (Å²) in [7, 11) is 1.52. The molecule has 1 aliphatic heterocycles. The summed E-state index contributed by atoms with van der Waals surface area (Å²) in [4.78, 5) is 28.3. The van der Waals surface area contributed by atoms with Crippen molar-refractivity contribution in [3.8, 4) is 10.4 Å². The highest BCUT2D eigenvalue weighted by atomic mass is 32.1. The fraction of sp³-hybridized carbons (Fsp3) is 0.455. The Morgan fingerprint density at radius 1 is 1.25 bits per heavy atom. The van der Waals surface area contributed by atoms with Gasteiger partial charge in [0.05, 0.1) is 5.41 Å². The molecule has 1 unspecified atom stereocenters. The van der Waals surface area contributed by atoms with Crippen molar-refractivity contribution >= 4 is 23.2 Å². The minimum Gasteiger partial charge on any atom is -0.375 e. The first-order valence-corrected chi connectivity index (χ1v) is 10.5. The zero-order valence-electron chi connectivity index (χ0n) is 16.7. The molecule has 0 aliphatic carbocycles. The topological polar surface area (TPSA) is 58.6 Å².